The van der Waals surface area contributed by atoms with Crippen molar-refractivity contribution in [2.75, 3.05) is 6.61 Å². The number of rotatable bonds is 3. The molecule has 0 bridgehead atoms. The first kappa shape index (κ1) is 14.3. The molecule has 3 nitrogen and oxygen atoms in total. The zero-order valence-electron chi connectivity index (χ0n) is 8.15. The predicted molar refractivity (Wildman–Crippen MR) is 58.6 cm³/mol. The summed E-state index contributed by atoms with van der Waals surface area (Å²) in [4.78, 5) is 15.4. The molecule has 94 valence electrons. The molecule has 8 heteroatoms. The Labute approximate surface area is 108 Å². The van der Waals surface area contributed by atoms with Gasteiger partial charge in [0.25, 0.3) is 5.91 Å². The van der Waals surface area contributed by atoms with Crippen LogP contribution in [0.25, 0.3) is 0 Å². The van der Waals surface area contributed by atoms with Crippen molar-refractivity contribution in [1.29, 1.82) is 0 Å². The summed E-state index contributed by atoms with van der Waals surface area (Å²) in [6, 6.07) is 4.40. The lowest BCUT2D eigenvalue weighted by atomic mass is 10.2. The second-order valence-corrected chi connectivity index (χ2v) is 4.28. The van der Waals surface area contributed by atoms with E-state index < -0.39 is 18.7 Å². The van der Waals surface area contributed by atoms with E-state index in [0.717, 1.165) is 0 Å². The molecule has 1 amide bonds. The highest BCUT2D eigenvalue weighted by molar-refractivity contribution is 9.10. The number of amides is 1. The van der Waals surface area contributed by atoms with E-state index in [2.05, 4.69) is 20.8 Å². The van der Waals surface area contributed by atoms with Crippen LogP contribution in [-0.2, 0) is 4.84 Å². The van der Waals surface area contributed by atoms with Gasteiger partial charge in [-0.1, -0.05) is 27.5 Å². The summed E-state index contributed by atoms with van der Waals surface area (Å²) < 4.78 is 35.8. The Morgan fingerprint density at radius 2 is 2.12 bits per heavy atom. The van der Waals surface area contributed by atoms with Crippen LogP contribution in [0.1, 0.15) is 10.4 Å². The average molecular weight is 333 g/mol. The molecule has 0 atom stereocenters. The lowest BCUT2D eigenvalue weighted by Crippen LogP contribution is -2.29. The second kappa shape index (κ2) is 5.70. The molecule has 1 aromatic carbocycles. The molecule has 0 aliphatic heterocycles. The van der Waals surface area contributed by atoms with Gasteiger partial charge in [0.2, 0.25) is 0 Å². The molecule has 0 heterocycles. The van der Waals surface area contributed by atoms with E-state index >= 15 is 0 Å². The van der Waals surface area contributed by atoms with E-state index in [1.54, 1.807) is 11.5 Å². The molecule has 0 aliphatic rings. The highest BCUT2D eigenvalue weighted by Gasteiger charge is 2.28. The summed E-state index contributed by atoms with van der Waals surface area (Å²) in [5, 5.41) is 0.112. The topological polar surface area (TPSA) is 38.3 Å². The maximum absolute atomic E-state index is 11.7. The summed E-state index contributed by atoms with van der Waals surface area (Å²) in [7, 11) is 0. The lowest BCUT2D eigenvalue weighted by molar-refractivity contribution is -0.184. The molecule has 1 N–H and O–H groups in total. The van der Waals surface area contributed by atoms with E-state index in [-0.39, 0.29) is 10.6 Å². The molecule has 0 saturated carbocycles. The van der Waals surface area contributed by atoms with Crippen LogP contribution < -0.4 is 5.48 Å². The molecular weight excluding hydrogens is 326 g/mol. The van der Waals surface area contributed by atoms with Gasteiger partial charge in [0, 0.05) is 4.47 Å². The highest BCUT2D eigenvalue weighted by Crippen LogP contribution is 2.21. The third kappa shape index (κ3) is 4.93. The summed E-state index contributed by atoms with van der Waals surface area (Å²) in [6.07, 6.45) is -4.51. The molecule has 17 heavy (non-hydrogen) atoms. The Hall–Kier alpha value is -0.790. The Bertz CT molecular complexity index is 425. The van der Waals surface area contributed by atoms with Gasteiger partial charge in [0.05, 0.1) is 10.6 Å². The molecule has 0 saturated heterocycles. The zero-order chi connectivity index (χ0) is 13.1. The standard InChI is InChI=1S/C9H6BrClF3NO2/c10-5-1-2-7(11)6(3-5)8(16)15-17-4-9(12,13)14/h1-3H,4H2,(H,15,16). The molecule has 1 aromatic rings. The van der Waals surface area contributed by atoms with Crippen molar-refractivity contribution in [3.63, 3.8) is 0 Å². The van der Waals surface area contributed by atoms with Crippen LogP contribution in [0.15, 0.2) is 22.7 Å². The van der Waals surface area contributed by atoms with E-state index in [0.29, 0.717) is 4.47 Å². The van der Waals surface area contributed by atoms with Gasteiger partial charge in [-0.2, -0.15) is 13.2 Å². The van der Waals surface area contributed by atoms with E-state index in [9.17, 15) is 18.0 Å². The first-order valence-corrected chi connectivity index (χ1v) is 5.40. The summed E-state index contributed by atoms with van der Waals surface area (Å²) in [6.45, 7) is -1.57. The van der Waals surface area contributed by atoms with E-state index in [1.807, 2.05) is 0 Å². The fourth-order valence-corrected chi connectivity index (χ4v) is 1.47. The van der Waals surface area contributed by atoms with Crippen LogP contribution in [0.2, 0.25) is 5.02 Å². The van der Waals surface area contributed by atoms with Gasteiger partial charge in [-0.25, -0.2) is 5.48 Å². The third-order valence-corrected chi connectivity index (χ3v) is 2.40. The molecular formula is C9H6BrClF3NO2. The van der Waals surface area contributed by atoms with Gasteiger partial charge in [0.15, 0.2) is 6.61 Å². The van der Waals surface area contributed by atoms with Gasteiger partial charge >= 0.3 is 6.18 Å². The molecule has 0 fully saturated rings. The smallest absolute Gasteiger partial charge is 0.267 e. The quantitative estimate of drug-likeness (QED) is 0.862. The maximum Gasteiger partial charge on any atom is 0.414 e. The van der Waals surface area contributed by atoms with Crippen molar-refractivity contribution in [2.45, 2.75) is 6.18 Å². The summed E-state index contributed by atoms with van der Waals surface area (Å²) >= 11 is 8.81. The number of alkyl halides is 3. The predicted octanol–water partition coefficient (Wildman–Crippen LogP) is 3.33. The number of benzene rings is 1. The largest absolute Gasteiger partial charge is 0.414 e. The SMILES string of the molecule is O=C(NOCC(F)(F)F)c1cc(Br)ccc1Cl. The van der Waals surface area contributed by atoms with Crippen LogP contribution in [0, 0.1) is 0 Å². The fraction of sp³-hybridized carbons (Fsp3) is 0.222. The number of hydrogen-bond acceptors (Lipinski definition) is 2. The van der Waals surface area contributed by atoms with Crippen molar-refractivity contribution in [3.05, 3.63) is 33.3 Å². The number of carbonyl (C=O) groups is 1. The average Bonchev–Trinajstić information content (AvgIpc) is 2.19. The van der Waals surface area contributed by atoms with Crippen LogP contribution in [-0.4, -0.2) is 18.7 Å². The van der Waals surface area contributed by atoms with Crippen molar-refractivity contribution in [2.24, 2.45) is 0 Å². The minimum absolute atomic E-state index is 0.0169. The number of hydrogen-bond donors (Lipinski definition) is 1. The van der Waals surface area contributed by atoms with E-state index in [4.69, 9.17) is 11.6 Å². The number of hydroxylamine groups is 1. The van der Waals surface area contributed by atoms with Crippen molar-refractivity contribution in [1.82, 2.24) is 5.48 Å². The minimum atomic E-state index is -4.51. The van der Waals surface area contributed by atoms with Crippen LogP contribution in [0.4, 0.5) is 13.2 Å². The van der Waals surface area contributed by atoms with Crippen molar-refractivity contribution >= 4 is 33.4 Å². The van der Waals surface area contributed by atoms with E-state index in [1.165, 1.54) is 12.1 Å². The lowest BCUT2D eigenvalue weighted by Gasteiger charge is -2.09. The van der Waals surface area contributed by atoms with Gasteiger partial charge in [-0.05, 0) is 18.2 Å². The summed E-state index contributed by atoms with van der Waals surface area (Å²) in [5.41, 5.74) is 1.68. The van der Waals surface area contributed by atoms with Gasteiger partial charge in [-0.15, -0.1) is 0 Å². The summed E-state index contributed by atoms with van der Waals surface area (Å²) in [5.74, 6) is -0.847. The van der Waals surface area contributed by atoms with Crippen LogP contribution in [0.5, 0.6) is 0 Å². The van der Waals surface area contributed by atoms with Crippen molar-refractivity contribution < 1.29 is 22.8 Å². The fourth-order valence-electron chi connectivity index (χ4n) is 0.910. The van der Waals surface area contributed by atoms with Crippen LogP contribution in [0.3, 0.4) is 0 Å². The van der Waals surface area contributed by atoms with Crippen LogP contribution >= 0.6 is 27.5 Å². The normalized spacial score (nSPS) is 11.4. The zero-order valence-corrected chi connectivity index (χ0v) is 10.5. The number of carbonyl (C=O) groups excluding carboxylic acids is 1. The molecule has 0 radical (unpaired) electrons. The highest BCUT2D eigenvalue weighted by atomic mass is 79.9. The monoisotopic (exact) mass is 331 g/mol. The number of nitrogens with one attached hydrogen (secondary N) is 1. The second-order valence-electron chi connectivity index (χ2n) is 2.96. The first-order chi connectivity index (χ1) is 7.79. The van der Waals surface area contributed by atoms with Gasteiger partial charge < -0.3 is 0 Å². The van der Waals surface area contributed by atoms with Crippen molar-refractivity contribution in [3.8, 4) is 0 Å². The Kier molecular flexibility index (Phi) is 4.79. The molecule has 0 aromatic heterocycles. The Morgan fingerprint density at radius 1 is 1.47 bits per heavy atom. The third-order valence-electron chi connectivity index (χ3n) is 1.57. The Balaban J connectivity index is 2.61. The minimum Gasteiger partial charge on any atom is -0.267 e. The molecule has 0 unspecified atom stereocenters. The van der Waals surface area contributed by atoms with Gasteiger partial charge in [0.1, 0.15) is 0 Å². The van der Waals surface area contributed by atoms with Gasteiger partial charge in [-0.3, -0.25) is 9.63 Å². The number of halogens is 5. The molecule has 0 spiro atoms. The Morgan fingerprint density at radius 3 is 2.71 bits per heavy atom. The maximum atomic E-state index is 11.7. The first-order valence-electron chi connectivity index (χ1n) is 4.23. The molecule has 1 rings (SSSR count). The molecule has 0 aliphatic carbocycles.